The Morgan fingerprint density at radius 2 is 2.13 bits per heavy atom. The molecule has 3 rings (SSSR count). The third-order valence-corrected chi connectivity index (χ3v) is 5.47. The molecule has 2 atom stereocenters. The third kappa shape index (κ3) is 3.98. The fraction of sp³-hybridized carbons (Fsp3) is 0.444. The molecular formula is C18H23N3OS. The summed E-state index contributed by atoms with van der Waals surface area (Å²) in [5.74, 6) is 1.12. The van der Waals surface area contributed by atoms with Gasteiger partial charge < -0.3 is 5.32 Å². The van der Waals surface area contributed by atoms with Crippen LogP contribution in [0.15, 0.2) is 36.5 Å². The lowest BCUT2D eigenvalue weighted by Gasteiger charge is -2.16. The van der Waals surface area contributed by atoms with Crippen molar-refractivity contribution in [3.63, 3.8) is 0 Å². The number of carbonyl (C=O) groups excluding carboxylic acids is 1. The number of aryl methyl sites for hydroxylation is 1. The molecule has 1 fully saturated rings. The summed E-state index contributed by atoms with van der Waals surface area (Å²) in [5, 5.41) is 3.09. The number of hydrogen-bond donors (Lipinski definition) is 1. The van der Waals surface area contributed by atoms with Crippen LogP contribution in [0.25, 0.3) is 0 Å². The van der Waals surface area contributed by atoms with Crippen molar-refractivity contribution in [3.8, 4) is 0 Å². The molecule has 2 heterocycles. The van der Waals surface area contributed by atoms with Gasteiger partial charge in [0.1, 0.15) is 4.88 Å². The second-order valence-corrected chi connectivity index (χ2v) is 7.27. The highest BCUT2D eigenvalue weighted by atomic mass is 32.1. The second kappa shape index (κ2) is 7.23. The molecule has 4 nitrogen and oxygen atoms in total. The molecule has 1 amide bonds. The highest BCUT2D eigenvalue weighted by Crippen LogP contribution is 2.24. The van der Waals surface area contributed by atoms with Gasteiger partial charge in [0.2, 0.25) is 0 Å². The van der Waals surface area contributed by atoms with E-state index >= 15 is 0 Å². The summed E-state index contributed by atoms with van der Waals surface area (Å²) in [6.45, 7) is 8.07. The van der Waals surface area contributed by atoms with Crippen LogP contribution >= 0.6 is 11.5 Å². The molecule has 0 radical (unpaired) electrons. The molecule has 1 aliphatic heterocycles. The summed E-state index contributed by atoms with van der Waals surface area (Å²) in [4.78, 5) is 15.4. The zero-order valence-corrected chi connectivity index (χ0v) is 14.5. The van der Waals surface area contributed by atoms with Gasteiger partial charge in [0.05, 0.1) is 0 Å². The lowest BCUT2D eigenvalue weighted by Crippen LogP contribution is -2.32. The summed E-state index contributed by atoms with van der Waals surface area (Å²) in [6.07, 6.45) is 1.75. The Balaban J connectivity index is 1.51. The molecule has 23 heavy (non-hydrogen) atoms. The summed E-state index contributed by atoms with van der Waals surface area (Å²) in [7, 11) is 0. The van der Waals surface area contributed by atoms with Gasteiger partial charge in [-0.2, -0.15) is 0 Å². The van der Waals surface area contributed by atoms with Crippen molar-refractivity contribution in [2.24, 2.45) is 11.8 Å². The predicted molar refractivity (Wildman–Crippen MR) is 93.6 cm³/mol. The molecule has 1 aromatic carbocycles. The Bertz CT molecular complexity index is 655. The van der Waals surface area contributed by atoms with Crippen molar-refractivity contribution >= 4 is 17.4 Å². The first-order chi connectivity index (χ1) is 11.1. The van der Waals surface area contributed by atoms with Crippen LogP contribution in [0.1, 0.15) is 27.7 Å². The lowest BCUT2D eigenvalue weighted by atomic mass is 9.98. The van der Waals surface area contributed by atoms with Crippen molar-refractivity contribution in [3.05, 3.63) is 52.5 Å². The van der Waals surface area contributed by atoms with E-state index in [1.54, 1.807) is 6.20 Å². The quantitative estimate of drug-likeness (QED) is 0.917. The highest BCUT2D eigenvalue weighted by molar-refractivity contribution is 7.08. The standard InChI is InChI=1S/C18H23N3OS/c1-13-8-20-23-17(13)18(22)19-9-16-12-21(10-14(16)2)11-15-6-4-3-5-7-15/h3-8,14,16H,9-12H2,1-2H3,(H,19,22). The number of likely N-dealkylation sites (tertiary alicyclic amines) is 1. The number of aromatic nitrogens is 1. The van der Waals surface area contributed by atoms with E-state index in [9.17, 15) is 4.79 Å². The number of rotatable bonds is 5. The van der Waals surface area contributed by atoms with Crippen LogP contribution in [0.3, 0.4) is 0 Å². The first-order valence-corrected chi connectivity index (χ1v) is 8.86. The van der Waals surface area contributed by atoms with Gasteiger partial charge >= 0.3 is 0 Å². The average Bonchev–Trinajstić information content (AvgIpc) is 3.12. The monoisotopic (exact) mass is 329 g/mol. The van der Waals surface area contributed by atoms with E-state index in [2.05, 4.69) is 51.8 Å². The van der Waals surface area contributed by atoms with Gasteiger partial charge in [-0.25, -0.2) is 4.37 Å². The number of nitrogens with zero attached hydrogens (tertiary/aromatic N) is 2. The largest absolute Gasteiger partial charge is 0.351 e. The van der Waals surface area contributed by atoms with Crippen LogP contribution in [0, 0.1) is 18.8 Å². The van der Waals surface area contributed by atoms with Crippen molar-refractivity contribution in [1.29, 1.82) is 0 Å². The molecule has 0 aliphatic carbocycles. The minimum Gasteiger partial charge on any atom is -0.351 e. The summed E-state index contributed by atoms with van der Waals surface area (Å²) < 4.78 is 4.07. The Labute approximate surface area is 141 Å². The molecule has 0 spiro atoms. The second-order valence-electron chi connectivity index (χ2n) is 6.47. The SMILES string of the molecule is Cc1cnsc1C(=O)NCC1CN(Cc2ccccc2)CC1C. The summed E-state index contributed by atoms with van der Waals surface area (Å²) in [5.41, 5.74) is 2.31. The summed E-state index contributed by atoms with van der Waals surface area (Å²) in [6, 6.07) is 10.6. The van der Waals surface area contributed by atoms with E-state index in [-0.39, 0.29) is 5.91 Å². The topological polar surface area (TPSA) is 45.2 Å². The molecule has 5 heteroatoms. The minimum atomic E-state index is 0.0127. The minimum absolute atomic E-state index is 0.0127. The molecule has 2 unspecified atom stereocenters. The van der Waals surface area contributed by atoms with Gasteiger partial charge in [-0.1, -0.05) is 37.3 Å². The summed E-state index contributed by atoms with van der Waals surface area (Å²) >= 11 is 1.27. The number of hydrogen-bond acceptors (Lipinski definition) is 4. The van der Waals surface area contributed by atoms with E-state index in [0.29, 0.717) is 11.8 Å². The van der Waals surface area contributed by atoms with E-state index in [1.807, 2.05) is 6.92 Å². The molecule has 1 aliphatic rings. The van der Waals surface area contributed by atoms with Gasteiger partial charge in [0.25, 0.3) is 5.91 Å². The van der Waals surface area contributed by atoms with Crippen LogP contribution in [0.5, 0.6) is 0 Å². The van der Waals surface area contributed by atoms with Gasteiger partial charge in [0.15, 0.2) is 0 Å². The van der Waals surface area contributed by atoms with Gasteiger partial charge in [0, 0.05) is 32.4 Å². The first kappa shape index (κ1) is 16.1. The first-order valence-electron chi connectivity index (χ1n) is 8.09. The fourth-order valence-corrected chi connectivity index (χ4v) is 3.86. The zero-order chi connectivity index (χ0) is 16.2. The van der Waals surface area contributed by atoms with Crippen molar-refractivity contribution in [1.82, 2.24) is 14.6 Å². The van der Waals surface area contributed by atoms with Gasteiger partial charge in [-0.3, -0.25) is 9.69 Å². The number of benzene rings is 1. The maximum Gasteiger partial charge on any atom is 0.263 e. The molecule has 1 N–H and O–H groups in total. The number of nitrogens with one attached hydrogen (secondary N) is 1. The van der Waals surface area contributed by atoms with Crippen LogP contribution < -0.4 is 5.32 Å². The maximum absolute atomic E-state index is 12.2. The highest BCUT2D eigenvalue weighted by Gasteiger charge is 2.29. The third-order valence-electron chi connectivity index (χ3n) is 4.57. The van der Waals surface area contributed by atoms with Gasteiger partial charge in [-0.05, 0) is 41.4 Å². The van der Waals surface area contributed by atoms with Crippen LogP contribution in [0.2, 0.25) is 0 Å². The molecule has 1 saturated heterocycles. The molecule has 2 aromatic rings. The predicted octanol–water partition coefficient (Wildman–Crippen LogP) is 2.95. The average molecular weight is 329 g/mol. The van der Waals surface area contributed by atoms with E-state index < -0.39 is 0 Å². The molecule has 122 valence electrons. The van der Waals surface area contributed by atoms with E-state index in [4.69, 9.17) is 0 Å². The zero-order valence-electron chi connectivity index (χ0n) is 13.7. The smallest absolute Gasteiger partial charge is 0.263 e. The van der Waals surface area contributed by atoms with Crippen molar-refractivity contribution in [2.75, 3.05) is 19.6 Å². The van der Waals surface area contributed by atoms with Crippen LogP contribution in [-0.4, -0.2) is 34.8 Å². The molecule has 0 bridgehead atoms. The molecule has 0 saturated carbocycles. The fourth-order valence-electron chi connectivity index (χ4n) is 3.19. The molecular weight excluding hydrogens is 306 g/mol. The number of amides is 1. The van der Waals surface area contributed by atoms with E-state index in [0.717, 1.165) is 36.6 Å². The van der Waals surface area contributed by atoms with Crippen LogP contribution in [-0.2, 0) is 6.54 Å². The Hall–Kier alpha value is -1.72. The number of carbonyl (C=O) groups is 1. The van der Waals surface area contributed by atoms with Crippen molar-refractivity contribution in [2.45, 2.75) is 20.4 Å². The Kier molecular flexibility index (Phi) is 5.08. The Morgan fingerprint density at radius 3 is 2.83 bits per heavy atom. The maximum atomic E-state index is 12.2. The molecule has 1 aromatic heterocycles. The normalized spacial score (nSPS) is 21.5. The Morgan fingerprint density at radius 1 is 1.35 bits per heavy atom. The van der Waals surface area contributed by atoms with Crippen molar-refractivity contribution < 1.29 is 4.79 Å². The van der Waals surface area contributed by atoms with Gasteiger partial charge in [-0.15, -0.1) is 0 Å². The lowest BCUT2D eigenvalue weighted by molar-refractivity contribution is 0.0948. The van der Waals surface area contributed by atoms with E-state index in [1.165, 1.54) is 17.1 Å². The van der Waals surface area contributed by atoms with Crippen LogP contribution in [0.4, 0.5) is 0 Å².